The molecule has 1 aliphatic heterocycles. The van der Waals surface area contributed by atoms with Gasteiger partial charge in [-0.3, -0.25) is 24.4 Å². The summed E-state index contributed by atoms with van der Waals surface area (Å²) in [4.78, 5) is 47.7. The van der Waals surface area contributed by atoms with Crippen LogP contribution in [0, 0.1) is 18.7 Å². The first-order chi connectivity index (χ1) is 15.3. The standard InChI is InChI=1S/C24H23FN4O3/c1-14-17(18-6-4-5-7-19(18)27-14)12-13-26-21(15-8-10-16(25)11-9-15)20-22(30)28(2)24(32)29(3)23(20)31/h4-11,20,27H,12-13H2,1-3H3. The molecule has 2 heterocycles. The minimum Gasteiger partial charge on any atom is -0.358 e. The van der Waals surface area contributed by atoms with Gasteiger partial charge < -0.3 is 4.98 Å². The van der Waals surface area contributed by atoms with Crippen LogP contribution in [-0.4, -0.2) is 59.0 Å². The molecule has 0 bridgehead atoms. The number of aliphatic imine (C=N–C) groups is 1. The van der Waals surface area contributed by atoms with Crippen molar-refractivity contribution in [3.8, 4) is 0 Å². The number of carbonyl (C=O) groups is 3. The van der Waals surface area contributed by atoms with Crippen molar-refractivity contribution in [1.82, 2.24) is 14.8 Å². The molecular formula is C24H23FN4O3. The Morgan fingerprint density at radius 1 is 1.00 bits per heavy atom. The average Bonchev–Trinajstić information content (AvgIpc) is 3.11. The number of barbiturate groups is 1. The molecule has 4 amide bonds. The van der Waals surface area contributed by atoms with Crippen molar-refractivity contribution in [3.63, 3.8) is 0 Å². The third-order valence-electron chi connectivity index (χ3n) is 5.81. The van der Waals surface area contributed by atoms with E-state index >= 15 is 0 Å². The second-order valence-corrected chi connectivity index (χ2v) is 7.81. The van der Waals surface area contributed by atoms with Gasteiger partial charge in [-0.15, -0.1) is 0 Å². The Kier molecular flexibility index (Phi) is 5.61. The summed E-state index contributed by atoms with van der Waals surface area (Å²) in [6, 6.07) is 12.8. The highest BCUT2D eigenvalue weighted by molar-refractivity contribution is 6.30. The average molecular weight is 434 g/mol. The molecule has 8 heteroatoms. The van der Waals surface area contributed by atoms with E-state index in [9.17, 15) is 18.8 Å². The summed E-state index contributed by atoms with van der Waals surface area (Å²) in [5.74, 6) is -3.00. The van der Waals surface area contributed by atoms with Crippen molar-refractivity contribution in [3.05, 3.63) is 71.2 Å². The normalized spacial score (nSPS) is 15.9. The van der Waals surface area contributed by atoms with E-state index in [1.54, 1.807) is 0 Å². The smallest absolute Gasteiger partial charge is 0.332 e. The molecule has 32 heavy (non-hydrogen) atoms. The number of rotatable bonds is 5. The lowest BCUT2D eigenvalue weighted by atomic mass is 9.92. The van der Waals surface area contributed by atoms with Gasteiger partial charge in [0.2, 0.25) is 11.8 Å². The molecule has 1 aliphatic rings. The Labute approximate surface area is 184 Å². The third kappa shape index (κ3) is 3.68. The molecule has 7 nitrogen and oxygen atoms in total. The molecule has 0 unspecified atom stereocenters. The van der Waals surface area contributed by atoms with Gasteiger partial charge in [-0.25, -0.2) is 9.18 Å². The summed E-state index contributed by atoms with van der Waals surface area (Å²) in [6.45, 7) is 2.30. The van der Waals surface area contributed by atoms with Gasteiger partial charge >= 0.3 is 6.03 Å². The van der Waals surface area contributed by atoms with Gasteiger partial charge in [-0.05, 0) is 42.7 Å². The number of hydrogen-bond donors (Lipinski definition) is 1. The lowest BCUT2D eigenvalue weighted by molar-refractivity contribution is -0.144. The molecule has 1 N–H and O–H groups in total. The number of nitrogens with zero attached hydrogens (tertiary/aromatic N) is 3. The number of hydrogen-bond acceptors (Lipinski definition) is 4. The van der Waals surface area contributed by atoms with E-state index in [0.29, 0.717) is 18.5 Å². The Morgan fingerprint density at radius 3 is 2.28 bits per heavy atom. The van der Waals surface area contributed by atoms with Crippen molar-refractivity contribution in [2.45, 2.75) is 13.3 Å². The molecule has 164 valence electrons. The monoisotopic (exact) mass is 434 g/mol. The van der Waals surface area contributed by atoms with Gasteiger partial charge in [0.1, 0.15) is 5.82 Å². The molecule has 0 atom stereocenters. The molecule has 0 spiro atoms. The predicted molar refractivity (Wildman–Crippen MR) is 119 cm³/mol. The zero-order valence-corrected chi connectivity index (χ0v) is 18.1. The highest BCUT2D eigenvalue weighted by Crippen LogP contribution is 2.24. The van der Waals surface area contributed by atoms with Crippen molar-refractivity contribution < 1.29 is 18.8 Å². The number of aromatic nitrogens is 1. The van der Waals surface area contributed by atoms with Gasteiger partial charge in [-0.1, -0.05) is 30.3 Å². The van der Waals surface area contributed by atoms with Crippen molar-refractivity contribution in [2.24, 2.45) is 10.9 Å². The lowest BCUT2D eigenvalue weighted by Crippen LogP contribution is -2.59. The number of nitrogens with one attached hydrogen (secondary N) is 1. The molecule has 2 aromatic carbocycles. The Hall–Kier alpha value is -3.81. The third-order valence-corrected chi connectivity index (χ3v) is 5.81. The fraction of sp³-hybridized carbons (Fsp3) is 0.250. The van der Waals surface area contributed by atoms with Gasteiger partial charge in [0.05, 0.1) is 5.71 Å². The predicted octanol–water partition coefficient (Wildman–Crippen LogP) is 3.31. The maximum Gasteiger partial charge on any atom is 0.332 e. The van der Waals surface area contributed by atoms with Crippen LogP contribution < -0.4 is 0 Å². The second kappa shape index (κ2) is 8.37. The van der Waals surface area contributed by atoms with Gasteiger partial charge in [0.15, 0.2) is 5.92 Å². The van der Waals surface area contributed by atoms with Crippen LogP contribution in [0.1, 0.15) is 16.8 Å². The van der Waals surface area contributed by atoms with Crippen molar-refractivity contribution in [2.75, 3.05) is 20.6 Å². The SMILES string of the molecule is Cc1[nH]c2ccccc2c1CCN=C(c1ccc(F)cc1)C1C(=O)N(C)C(=O)N(C)C1=O. The van der Waals surface area contributed by atoms with E-state index in [1.807, 2.05) is 31.2 Å². The number of halogens is 1. The molecule has 0 saturated carbocycles. The van der Waals surface area contributed by atoms with E-state index in [0.717, 1.165) is 32.0 Å². The molecule has 3 aromatic rings. The molecule has 1 fully saturated rings. The number of fused-ring (bicyclic) bond motifs is 1. The summed E-state index contributed by atoms with van der Waals surface area (Å²) in [5.41, 5.74) is 3.85. The molecule has 0 radical (unpaired) electrons. The first-order valence-electron chi connectivity index (χ1n) is 10.2. The highest BCUT2D eigenvalue weighted by atomic mass is 19.1. The maximum atomic E-state index is 13.5. The van der Waals surface area contributed by atoms with E-state index in [4.69, 9.17) is 0 Å². The fourth-order valence-corrected chi connectivity index (χ4v) is 4.06. The van der Waals surface area contributed by atoms with E-state index in [1.165, 1.54) is 38.4 Å². The largest absolute Gasteiger partial charge is 0.358 e. The molecule has 0 aliphatic carbocycles. The molecule has 1 saturated heterocycles. The van der Waals surface area contributed by atoms with Gasteiger partial charge in [0, 0.05) is 37.2 Å². The number of H-pyrrole nitrogens is 1. The minimum absolute atomic E-state index is 0.226. The first-order valence-corrected chi connectivity index (χ1v) is 10.2. The quantitative estimate of drug-likeness (QED) is 0.494. The molecule has 4 rings (SSSR count). The lowest BCUT2D eigenvalue weighted by Gasteiger charge is -2.33. The van der Waals surface area contributed by atoms with Gasteiger partial charge in [0.25, 0.3) is 0 Å². The van der Waals surface area contributed by atoms with Crippen molar-refractivity contribution >= 4 is 34.5 Å². The Bertz CT molecular complexity index is 1220. The molecular weight excluding hydrogens is 411 g/mol. The second-order valence-electron chi connectivity index (χ2n) is 7.81. The zero-order chi connectivity index (χ0) is 23.0. The minimum atomic E-state index is -1.27. The van der Waals surface area contributed by atoms with Crippen LogP contribution in [0.5, 0.6) is 0 Å². The number of aromatic amines is 1. The number of para-hydroxylation sites is 1. The summed E-state index contributed by atoms with van der Waals surface area (Å²) < 4.78 is 13.5. The fourth-order valence-electron chi connectivity index (χ4n) is 4.06. The van der Waals surface area contributed by atoms with E-state index in [2.05, 4.69) is 9.98 Å². The van der Waals surface area contributed by atoms with Crippen molar-refractivity contribution in [1.29, 1.82) is 0 Å². The Morgan fingerprint density at radius 2 is 1.62 bits per heavy atom. The zero-order valence-electron chi connectivity index (χ0n) is 18.1. The highest BCUT2D eigenvalue weighted by Gasteiger charge is 2.45. The van der Waals surface area contributed by atoms with Crippen LogP contribution in [0.15, 0.2) is 53.5 Å². The van der Waals surface area contributed by atoms with Crippen LogP contribution in [0.2, 0.25) is 0 Å². The summed E-state index contributed by atoms with van der Waals surface area (Å²) in [5, 5.41) is 1.10. The number of carbonyl (C=O) groups excluding carboxylic acids is 3. The van der Waals surface area contributed by atoms with E-state index < -0.39 is 29.6 Å². The van der Waals surface area contributed by atoms with Crippen LogP contribution in [-0.2, 0) is 16.0 Å². The number of imide groups is 2. The van der Waals surface area contributed by atoms with Crippen LogP contribution in [0.3, 0.4) is 0 Å². The number of amides is 4. The molecule has 1 aromatic heterocycles. The van der Waals surface area contributed by atoms with Crippen LogP contribution in [0.4, 0.5) is 9.18 Å². The topological polar surface area (TPSA) is 85.8 Å². The summed E-state index contributed by atoms with van der Waals surface area (Å²) in [7, 11) is 2.66. The van der Waals surface area contributed by atoms with Crippen LogP contribution >= 0.6 is 0 Å². The maximum absolute atomic E-state index is 13.5. The van der Waals surface area contributed by atoms with Crippen LogP contribution in [0.25, 0.3) is 10.9 Å². The van der Waals surface area contributed by atoms with E-state index in [-0.39, 0.29) is 5.71 Å². The first kappa shape index (κ1) is 21.4. The number of benzene rings is 2. The Balaban J connectivity index is 1.71. The summed E-state index contributed by atoms with van der Waals surface area (Å²) >= 11 is 0. The number of urea groups is 1. The summed E-state index contributed by atoms with van der Waals surface area (Å²) in [6.07, 6.45) is 0.584. The van der Waals surface area contributed by atoms with Gasteiger partial charge in [-0.2, -0.15) is 0 Å². The number of aryl methyl sites for hydroxylation is 1.